The number of pyridine rings is 1. The first kappa shape index (κ1) is 17.3. The molecule has 0 saturated carbocycles. The lowest BCUT2D eigenvalue weighted by Gasteiger charge is -2.09. The molecule has 25 heavy (non-hydrogen) atoms. The normalized spacial score (nSPS) is 10.5. The van der Waals surface area contributed by atoms with Crippen molar-refractivity contribution in [3.63, 3.8) is 0 Å². The lowest BCUT2D eigenvalue weighted by atomic mass is 10.3. The van der Waals surface area contributed by atoms with Crippen molar-refractivity contribution in [1.29, 1.82) is 0 Å². The van der Waals surface area contributed by atoms with Crippen LogP contribution in [-0.4, -0.2) is 20.7 Å². The minimum atomic E-state index is -0.354. The predicted octanol–water partition coefficient (Wildman–Crippen LogP) is 4.18. The molecule has 3 aromatic rings. The van der Waals surface area contributed by atoms with Gasteiger partial charge in [-0.05, 0) is 37.3 Å². The van der Waals surface area contributed by atoms with Crippen molar-refractivity contribution in [2.75, 3.05) is 5.32 Å². The van der Waals surface area contributed by atoms with Crippen LogP contribution in [0.4, 0.5) is 5.82 Å². The van der Waals surface area contributed by atoms with Gasteiger partial charge in [-0.2, -0.15) is 5.10 Å². The van der Waals surface area contributed by atoms with Gasteiger partial charge in [0.15, 0.2) is 18.2 Å². The van der Waals surface area contributed by atoms with Crippen LogP contribution in [0.3, 0.4) is 0 Å². The number of hydrogen-bond acceptors (Lipinski definition) is 4. The highest BCUT2D eigenvalue weighted by atomic mass is 35.5. The third kappa shape index (κ3) is 4.29. The molecule has 0 atom stereocenters. The van der Waals surface area contributed by atoms with E-state index in [9.17, 15) is 4.79 Å². The molecule has 2 heterocycles. The quantitative estimate of drug-likeness (QED) is 0.724. The fraction of sp³-hybridized carbons (Fsp3) is 0.118. The van der Waals surface area contributed by atoms with E-state index in [1.807, 2.05) is 19.1 Å². The van der Waals surface area contributed by atoms with Gasteiger partial charge >= 0.3 is 0 Å². The highest BCUT2D eigenvalue weighted by molar-refractivity contribution is 6.37. The Hall–Kier alpha value is -2.57. The van der Waals surface area contributed by atoms with Gasteiger partial charge in [-0.1, -0.05) is 35.3 Å². The average molecular weight is 377 g/mol. The molecule has 3 rings (SSSR count). The monoisotopic (exact) mass is 376 g/mol. The highest BCUT2D eigenvalue weighted by Crippen LogP contribution is 2.32. The van der Waals surface area contributed by atoms with E-state index in [4.69, 9.17) is 27.9 Å². The molecule has 8 heteroatoms. The molecule has 0 aliphatic carbocycles. The van der Waals surface area contributed by atoms with Crippen LogP contribution in [-0.2, 0) is 6.73 Å². The van der Waals surface area contributed by atoms with Crippen molar-refractivity contribution < 1.29 is 9.53 Å². The first-order valence-corrected chi connectivity index (χ1v) is 8.14. The van der Waals surface area contributed by atoms with Crippen molar-refractivity contribution in [1.82, 2.24) is 14.8 Å². The van der Waals surface area contributed by atoms with E-state index < -0.39 is 0 Å². The van der Waals surface area contributed by atoms with E-state index in [2.05, 4.69) is 15.4 Å². The van der Waals surface area contributed by atoms with Gasteiger partial charge in [0.05, 0.1) is 10.0 Å². The summed E-state index contributed by atoms with van der Waals surface area (Å²) in [6.45, 7) is 1.92. The molecular formula is C17H14Cl2N4O2. The number of aromatic nitrogens is 3. The molecule has 0 aliphatic rings. The Bertz CT molecular complexity index is 891. The molecule has 0 bridgehead atoms. The Morgan fingerprint density at radius 3 is 2.60 bits per heavy atom. The van der Waals surface area contributed by atoms with Gasteiger partial charge in [-0.25, -0.2) is 9.67 Å². The second-order valence-corrected chi connectivity index (χ2v) is 6.00. The molecule has 0 spiro atoms. The van der Waals surface area contributed by atoms with Crippen LogP contribution in [0.25, 0.3) is 0 Å². The Morgan fingerprint density at radius 1 is 1.16 bits per heavy atom. The number of hydrogen-bond donors (Lipinski definition) is 1. The van der Waals surface area contributed by atoms with Crippen LogP contribution in [0.15, 0.2) is 48.7 Å². The smallest absolute Gasteiger partial charge is 0.277 e. The van der Waals surface area contributed by atoms with E-state index in [1.165, 1.54) is 4.68 Å². The molecule has 0 aliphatic heterocycles. The zero-order chi connectivity index (χ0) is 17.8. The topological polar surface area (TPSA) is 69.0 Å². The summed E-state index contributed by atoms with van der Waals surface area (Å²) in [6.07, 6.45) is 1.63. The second-order valence-electron chi connectivity index (χ2n) is 5.18. The van der Waals surface area contributed by atoms with Crippen molar-refractivity contribution in [2.45, 2.75) is 13.7 Å². The number of anilines is 1. The number of benzene rings is 1. The van der Waals surface area contributed by atoms with Gasteiger partial charge < -0.3 is 10.1 Å². The summed E-state index contributed by atoms with van der Waals surface area (Å²) in [5.41, 5.74) is 1.06. The molecule has 1 amide bonds. The molecule has 0 fully saturated rings. The number of para-hydroxylation sites is 1. The fourth-order valence-corrected chi connectivity index (χ4v) is 2.61. The third-order valence-corrected chi connectivity index (χ3v) is 3.86. The number of carbonyl (C=O) groups is 1. The Balaban J connectivity index is 1.65. The summed E-state index contributed by atoms with van der Waals surface area (Å²) in [6, 6.07) is 12.1. The summed E-state index contributed by atoms with van der Waals surface area (Å²) >= 11 is 12.1. The number of nitrogens with one attached hydrogen (secondary N) is 1. The van der Waals surface area contributed by atoms with Gasteiger partial charge in [0.2, 0.25) is 0 Å². The Labute approximate surface area is 154 Å². The minimum absolute atomic E-state index is 0.0689. The number of rotatable bonds is 5. The van der Waals surface area contributed by atoms with Gasteiger partial charge in [-0.15, -0.1) is 0 Å². The molecular weight excluding hydrogens is 363 g/mol. The number of halogens is 2. The first-order valence-electron chi connectivity index (χ1n) is 7.38. The van der Waals surface area contributed by atoms with E-state index >= 15 is 0 Å². The molecule has 2 aromatic heterocycles. The molecule has 1 N–H and O–H groups in total. The van der Waals surface area contributed by atoms with Crippen LogP contribution in [0, 0.1) is 6.92 Å². The number of amides is 1. The summed E-state index contributed by atoms with van der Waals surface area (Å²) in [4.78, 5) is 16.4. The third-order valence-electron chi connectivity index (χ3n) is 3.26. The first-order chi connectivity index (χ1) is 12.0. The summed E-state index contributed by atoms with van der Waals surface area (Å²) in [7, 11) is 0. The van der Waals surface area contributed by atoms with Crippen LogP contribution in [0.1, 0.15) is 16.2 Å². The van der Waals surface area contributed by atoms with E-state index in [0.717, 1.165) is 5.69 Å². The van der Waals surface area contributed by atoms with E-state index in [-0.39, 0.29) is 18.3 Å². The lowest BCUT2D eigenvalue weighted by molar-refractivity contribution is 0.102. The number of carbonyl (C=O) groups excluding carboxylic acids is 1. The van der Waals surface area contributed by atoms with Crippen molar-refractivity contribution in [3.8, 4) is 5.75 Å². The molecule has 128 valence electrons. The maximum atomic E-state index is 12.2. The average Bonchev–Trinajstić information content (AvgIpc) is 3.03. The summed E-state index contributed by atoms with van der Waals surface area (Å²) in [5, 5.41) is 7.68. The number of ether oxygens (including phenoxy) is 1. The van der Waals surface area contributed by atoms with Crippen LogP contribution in [0.5, 0.6) is 5.75 Å². The molecule has 6 nitrogen and oxygen atoms in total. The summed E-state index contributed by atoms with van der Waals surface area (Å²) in [5.74, 6) is 0.488. The van der Waals surface area contributed by atoms with Gasteiger partial charge in [0, 0.05) is 11.9 Å². The molecule has 0 saturated heterocycles. The zero-order valence-electron chi connectivity index (χ0n) is 13.2. The summed E-state index contributed by atoms with van der Waals surface area (Å²) < 4.78 is 7.04. The van der Waals surface area contributed by atoms with Crippen molar-refractivity contribution in [2.24, 2.45) is 0 Å². The number of nitrogens with zero attached hydrogens (tertiary/aromatic N) is 3. The molecule has 1 aromatic carbocycles. The minimum Gasteiger partial charge on any atom is -0.468 e. The van der Waals surface area contributed by atoms with Crippen LogP contribution < -0.4 is 10.1 Å². The van der Waals surface area contributed by atoms with Gasteiger partial charge in [0.1, 0.15) is 5.82 Å². The highest BCUT2D eigenvalue weighted by Gasteiger charge is 2.12. The Kier molecular flexibility index (Phi) is 5.21. The van der Waals surface area contributed by atoms with Crippen molar-refractivity contribution >= 4 is 34.9 Å². The Morgan fingerprint density at radius 2 is 1.88 bits per heavy atom. The van der Waals surface area contributed by atoms with E-state index in [0.29, 0.717) is 21.6 Å². The predicted molar refractivity (Wildman–Crippen MR) is 96.2 cm³/mol. The maximum Gasteiger partial charge on any atom is 0.277 e. The molecule has 0 unspecified atom stereocenters. The van der Waals surface area contributed by atoms with Crippen LogP contribution in [0.2, 0.25) is 10.0 Å². The molecule has 0 radical (unpaired) electrons. The van der Waals surface area contributed by atoms with Gasteiger partial charge in [-0.3, -0.25) is 4.79 Å². The second kappa shape index (κ2) is 7.55. The standard InChI is InChI=1S/C17H14Cl2N4O2/c1-11-4-2-7-15(20-11)21-17(24)14-8-9-23(22-14)10-25-16-12(18)5-3-6-13(16)19/h2-9H,10H2,1H3,(H,20,21,24). The SMILES string of the molecule is Cc1cccc(NC(=O)c2ccn(COc3c(Cl)cccc3Cl)n2)n1. The lowest BCUT2D eigenvalue weighted by Crippen LogP contribution is -2.15. The maximum absolute atomic E-state index is 12.2. The van der Waals surface area contributed by atoms with E-state index in [1.54, 1.807) is 36.5 Å². The largest absolute Gasteiger partial charge is 0.468 e. The number of aryl methyl sites for hydroxylation is 1. The van der Waals surface area contributed by atoms with Gasteiger partial charge in [0.25, 0.3) is 5.91 Å². The van der Waals surface area contributed by atoms with Crippen molar-refractivity contribution in [3.05, 3.63) is 70.1 Å². The van der Waals surface area contributed by atoms with Crippen LogP contribution >= 0.6 is 23.2 Å². The fourth-order valence-electron chi connectivity index (χ4n) is 2.10. The zero-order valence-corrected chi connectivity index (χ0v) is 14.8.